The summed E-state index contributed by atoms with van der Waals surface area (Å²) in [5.74, 6) is 0.939. The summed E-state index contributed by atoms with van der Waals surface area (Å²) in [5, 5.41) is 21.1. The minimum atomic E-state index is 0.175. The molecule has 0 aliphatic heterocycles. The maximum absolute atomic E-state index is 9.00. The second-order valence-electron chi connectivity index (χ2n) is 3.55. The van der Waals surface area contributed by atoms with Crippen molar-refractivity contribution < 1.29 is 5.11 Å². The van der Waals surface area contributed by atoms with Gasteiger partial charge in [-0.2, -0.15) is 0 Å². The summed E-state index contributed by atoms with van der Waals surface area (Å²) in [6.07, 6.45) is 0.925. The second-order valence-corrected chi connectivity index (χ2v) is 5.85. The SMILES string of the molecule is CNC(CO)CCSc1nnc(N(C)C)s1. The molecular weight excluding hydrogens is 244 g/mol. The normalized spacial score (nSPS) is 12.8. The van der Waals surface area contributed by atoms with Gasteiger partial charge in [-0.15, -0.1) is 10.2 Å². The molecular formula is C9H18N4OS2. The highest BCUT2D eigenvalue weighted by atomic mass is 32.2. The number of hydrogen-bond acceptors (Lipinski definition) is 7. The van der Waals surface area contributed by atoms with E-state index in [0.717, 1.165) is 21.6 Å². The first-order valence-electron chi connectivity index (χ1n) is 5.09. The molecule has 1 atom stereocenters. The van der Waals surface area contributed by atoms with E-state index in [4.69, 9.17) is 5.11 Å². The summed E-state index contributed by atoms with van der Waals surface area (Å²) in [5.41, 5.74) is 0. The lowest BCUT2D eigenvalue weighted by molar-refractivity contribution is 0.246. The van der Waals surface area contributed by atoms with Gasteiger partial charge in [0.25, 0.3) is 0 Å². The number of aromatic nitrogens is 2. The summed E-state index contributed by atoms with van der Waals surface area (Å²) < 4.78 is 0.983. The van der Waals surface area contributed by atoms with Gasteiger partial charge in [-0.3, -0.25) is 0 Å². The van der Waals surface area contributed by atoms with Crippen LogP contribution >= 0.6 is 23.1 Å². The molecule has 0 aliphatic carbocycles. The maximum atomic E-state index is 9.00. The number of aliphatic hydroxyl groups excluding tert-OH is 1. The lowest BCUT2D eigenvalue weighted by atomic mass is 10.2. The molecule has 1 unspecified atom stereocenters. The van der Waals surface area contributed by atoms with Crippen LogP contribution in [-0.4, -0.2) is 54.8 Å². The number of likely N-dealkylation sites (N-methyl/N-ethyl adjacent to an activating group) is 1. The van der Waals surface area contributed by atoms with Gasteiger partial charge in [-0.25, -0.2) is 0 Å². The largest absolute Gasteiger partial charge is 0.395 e. The van der Waals surface area contributed by atoms with Gasteiger partial charge in [0.15, 0.2) is 4.34 Å². The third kappa shape index (κ3) is 4.25. The lowest BCUT2D eigenvalue weighted by Gasteiger charge is -2.11. The topological polar surface area (TPSA) is 61.3 Å². The average molecular weight is 262 g/mol. The first-order chi connectivity index (χ1) is 7.67. The molecule has 2 N–H and O–H groups in total. The van der Waals surface area contributed by atoms with Crippen LogP contribution in [0.15, 0.2) is 4.34 Å². The van der Waals surface area contributed by atoms with E-state index >= 15 is 0 Å². The molecule has 0 amide bonds. The van der Waals surface area contributed by atoms with Crippen LogP contribution in [0.2, 0.25) is 0 Å². The quantitative estimate of drug-likeness (QED) is 0.704. The summed E-state index contributed by atoms with van der Waals surface area (Å²) in [7, 11) is 5.77. The minimum Gasteiger partial charge on any atom is -0.395 e. The third-order valence-corrected chi connectivity index (χ3v) is 4.36. The fraction of sp³-hybridized carbons (Fsp3) is 0.778. The second kappa shape index (κ2) is 7.05. The van der Waals surface area contributed by atoms with E-state index in [-0.39, 0.29) is 12.6 Å². The molecule has 0 saturated carbocycles. The van der Waals surface area contributed by atoms with Crippen LogP contribution in [0.25, 0.3) is 0 Å². The van der Waals surface area contributed by atoms with Crippen molar-refractivity contribution in [2.24, 2.45) is 0 Å². The summed E-state index contributed by atoms with van der Waals surface area (Å²) in [4.78, 5) is 1.95. The number of aliphatic hydroxyl groups is 1. The molecule has 0 bridgehead atoms. The maximum Gasteiger partial charge on any atom is 0.208 e. The van der Waals surface area contributed by atoms with Crippen molar-refractivity contribution in [3.63, 3.8) is 0 Å². The summed E-state index contributed by atoms with van der Waals surface area (Å²) >= 11 is 3.28. The van der Waals surface area contributed by atoms with Crippen LogP contribution in [0.4, 0.5) is 5.13 Å². The molecule has 16 heavy (non-hydrogen) atoms. The zero-order valence-electron chi connectivity index (χ0n) is 9.80. The first kappa shape index (κ1) is 13.7. The summed E-state index contributed by atoms with van der Waals surface area (Å²) in [6, 6.07) is 0.175. The van der Waals surface area contributed by atoms with Gasteiger partial charge in [0.2, 0.25) is 5.13 Å². The Kier molecular flexibility index (Phi) is 6.04. The smallest absolute Gasteiger partial charge is 0.208 e. The van der Waals surface area contributed by atoms with Gasteiger partial charge in [-0.1, -0.05) is 23.1 Å². The van der Waals surface area contributed by atoms with Crippen molar-refractivity contribution in [2.75, 3.05) is 38.4 Å². The van der Waals surface area contributed by atoms with Gasteiger partial charge in [0.05, 0.1) is 6.61 Å². The Morgan fingerprint density at radius 1 is 1.50 bits per heavy atom. The van der Waals surface area contributed by atoms with E-state index in [9.17, 15) is 0 Å². The van der Waals surface area contributed by atoms with Crippen LogP contribution < -0.4 is 10.2 Å². The highest BCUT2D eigenvalue weighted by molar-refractivity contribution is 8.01. The molecule has 92 valence electrons. The van der Waals surface area contributed by atoms with E-state index in [1.54, 1.807) is 23.1 Å². The van der Waals surface area contributed by atoms with Crippen molar-refractivity contribution in [1.82, 2.24) is 15.5 Å². The van der Waals surface area contributed by atoms with Gasteiger partial charge in [0.1, 0.15) is 0 Å². The van der Waals surface area contributed by atoms with E-state index in [0.29, 0.717) is 0 Å². The monoisotopic (exact) mass is 262 g/mol. The van der Waals surface area contributed by atoms with Crippen LogP contribution in [0.3, 0.4) is 0 Å². The first-order valence-corrected chi connectivity index (χ1v) is 6.89. The molecule has 1 aromatic heterocycles. The van der Waals surface area contributed by atoms with Crippen molar-refractivity contribution in [3.05, 3.63) is 0 Å². The molecule has 0 aromatic carbocycles. The average Bonchev–Trinajstić information content (AvgIpc) is 2.73. The van der Waals surface area contributed by atoms with Gasteiger partial charge >= 0.3 is 0 Å². The predicted octanol–water partition coefficient (Wildman–Crippen LogP) is 0.667. The minimum absolute atomic E-state index is 0.175. The Morgan fingerprint density at radius 3 is 2.75 bits per heavy atom. The Morgan fingerprint density at radius 2 is 2.25 bits per heavy atom. The molecule has 1 rings (SSSR count). The fourth-order valence-electron chi connectivity index (χ4n) is 1.06. The summed E-state index contributed by atoms with van der Waals surface area (Å²) in [6.45, 7) is 0.177. The van der Waals surface area contributed by atoms with Crippen molar-refractivity contribution in [3.8, 4) is 0 Å². The van der Waals surface area contributed by atoms with Crippen LogP contribution in [-0.2, 0) is 0 Å². The van der Waals surface area contributed by atoms with Crippen molar-refractivity contribution >= 4 is 28.2 Å². The molecule has 0 saturated heterocycles. The Balaban J connectivity index is 2.31. The Labute approximate surface area is 104 Å². The molecule has 7 heteroatoms. The number of rotatable bonds is 7. The predicted molar refractivity (Wildman–Crippen MR) is 69.5 cm³/mol. The number of thioether (sulfide) groups is 1. The van der Waals surface area contributed by atoms with E-state index in [1.165, 1.54) is 0 Å². The standard InChI is InChI=1S/C9H18N4OS2/c1-10-7(6-14)4-5-15-9-12-11-8(16-9)13(2)3/h7,10,14H,4-6H2,1-3H3. The zero-order chi connectivity index (χ0) is 12.0. The van der Waals surface area contributed by atoms with Crippen molar-refractivity contribution in [1.29, 1.82) is 0 Å². The molecule has 1 aromatic rings. The molecule has 1 heterocycles. The number of anilines is 1. The van der Waals surface area contributed by atoms with Gasteiger partial charge in [-0.05, 0) is 13.5 Å². The third-order valence-electron chi connectivity index (χ3n) is 2.10. The number of hydrogen-bond donors (Lipinski definition) is 2. The molecule has 5 nitrogen and oxygen atoms in total. The van der Waals surface area contributed by atoms with Crippen LogP contribution in [0.5, 0.6) is 0 Å². The molecule has 0 spiro atoms. The van der Waals surface area contributed by atoms with E-state index in [1.807, 2.05) is 26.0 Å². The zero-order valence-corrected chi connectivity index (χ0v) is 11.4. The Hall–Kier alpha value is -0.370. The molecule has 0 fully saturated rings. The van der Waals surface area contributed by atoms with E-state index in [2.05, 4.69) is 15.5 Å². The number of nitrogens with zero attached hydrogens (tertiary/aromatic N) is 3. The van der Waals surface area contributed by atoms with E-state index < -0.39 is 0 Å². The van der Waals surface area contributed by atoms with Crippen LogP contribution in [0.1, 0.15) is 6.42 Å². The highest BCUT2D eigenvalue weighted by Crippen LogP contribution is 2.27. The highest BCUT2D eigenvalue weighted by Gasteiger charge is 2.08. The lowest BCUT2D eigenvalue weighted by Crippen LogP contribution is -2.29. The Bertz CT molecular complexity index is 301. The fourth-order valence-corrected chi connectivity index (χ4v) is 2.94. The van der Waals surface area contributed by atoms with Gasteiger partial charge in [0, 0.05) is 25.9 Å². The molecule has 0 radical (unpaired) electrons. The molecule has 0 aliphatic rings. The van der Waals surface area contributed by atoms with Crippen LogP contribution in [0, 0.1) is 0 Å². The number of nitrogens with one attached hydrogen (secondary N) is 1. The van der Waals surface area contributed by atoms with Crippen molar-refractivity contribution in [2.45, 2.75) is 16.8 Å². The van der Waals surface area contributed by atoms with Gasteiger partial charge < -0.3 is 15.3 Å².